The predicted octanol–water partition coefficient (Wildman–Crippen LogP) is 18.1. The molecule has 0 aliphatic carbocycles. The molecule has 0 amide bonds. The summed E-state index contributed by atoms with van der Waals surface area (Å²) >= 11 is 0. The molecule has 0 aromatic heterocycles. The summed E-state index contributed by atoms with van der Waals surface area (Å²) in [6.45, 7) is 14.2. The van der Waals surface area contributed by atoms with Crippen molar-refractivity contribution in [1.29, 1.82) is 0 Å². The highest BCUT2D eigenvalue weighted by molar-refractivity contribution is 5.91. The third kappa shape index (κ3) is 17.1. The highest BCUT2D eigenvalue weighted by Crippen LogP contribution is 2.31. The molecular weight excluding hydrogens is 929 g/mol. The number of fused-ring (bicyclic) bond motifs is 5. The first kappa shape index (κ1) is 59.1. The van der Waals surface area contributed by atoms with Crippen molar-refractivity contribution in [2.75, 3.05) is 49.8 Å². The van der Waals surface area contributed by atoms with Gasteiger partial charge in [0, 0.05) is 10.8 Å². The molecule has 0 aliphatic heterocycles. The van der Waals surface area contributed by atoms with Gasteiger partial charge in [-0.3, -0.25) is 0 Å². The van der Waals surface area contributed by atoms with Gasteiger partial charge in [-0.05, 0) is 144 Å². The van der Waals surface area contributed by atoms with Crippen molar-refractivity contribution in [1.82, 2.24) is 0 Å². The molecule has 10 aromatic carbocycles. The summed E-state index contributed by atoms with van der Waals surface area (Å²) in [5, 5.41) is 12.4. The van der Waals surface area contributed by atoms with E-state index in [4.69, 9.17) is 23.7 Å². The van der Waals surface area contributed by atoms with Crippen LogP contribution in [0.2, 0.25) is 0 Å². The predicted molar refractivity (Wildman–Crippen MR) is 320 cm³/mol. The maximum atomic E-state index is 5.36. The molecule has 390 valence electrons. The van der Waals surface area contributed by atoms with Crippen molar-refractivity contribution in [3.63, 3.8) is 0 Å². The Balaban J connectivity index is 0.000000194. The summed E-state index contributed by atoms with van der Waals surface area (Å²) in [5.74, 6) is 4.84. The first-order chi connectivity index (χ1) is 36.4. The van der Waals surface area contributed by atoms with Gasteiger partial charge in [-0.25, -0.2) is 0 Å². The second-order valence-corrected chi connectivity index (χ2v) is 17.1. The van der Waals surface area contributed by atoms with E-state index in [2.05, 4.69) is 165 Å². The molecule has 0 spiro atoms. The van der Waals surface area contributed by atoms with Crippen LogP contribution in [-0.2, 0) is 9.47 Å². The highest BCUT2D eigenvalue weighted by atomic mass is 16.5. The molecule has 0 saturated carbocycles. The van der Waals surface area contributed by atoms with Crippen LogP contribution in [0.5, 0.6) is 28.7 Å². The first-order valence-corrected chi connectivity index (χ1v) is 24.9. The zero-order valence-corrected chi connectivity index (χ0v) is 46.5. The number of methoxy groups -OCH3 is 7. The Labute approximate surface area is 446 Å². The van der Waals surface area contributed by atoms with Crippen LogP contribution < -0.4 is 23.7 Å². The molecule has 0 aliphatic rings. The van der Waals surface area contributed by atoms with Crippen molar-refractivity contribution in [2.45, 2.75) is 48.5 Å². The average molecular weight is 1010 g/mol. The summed E-state index contributed by atoms with van der Waals surface area (Å²) in [7, 11) is 11.8. The highest BCUT2D eigenvalue weighted by Gasteiger charge is 2.06. The fourth-order valence-electron chi connectivity index (χ4n) is 8.33. The summed E-state index contributed by atoms with van der Waals surface area (Å²) in [6, 6.07) is 62.3. The van der Waals surface area contributed by atoms with Gasteiger partial charge in [-0.1, -0.05) is 170 Å². The topological polar surface area (TPSA) is 64.6 Å². The van der Waals surface area contributed by atoms with E-state index >= 15 is 0 Å². The summed E-state index contributed by atoms with van der Waals surface area (Å²) in [4.78, 5) is 0. The monoisotopic (exact) mass is 1000 g/mol. The van der Waals surface area contributed by atoms with Gasteiger partial charge in [0.15, 0.2) is 0 Å². The zero-order chi connectivity index (χ0) is 54.5. The van der Waals surface area contributed by atoms with E-state index in [1.54, 1.807) is 62.3 Å². The van der Waals surface area contributed by atoms with E-state index in [1.807, 2.05) is 86.7 Å². The summed E-state index contributed by atoms with van der Waals surface area (Å²) in [5.41, 5.74) is 5.96. The standard InChI is InChI=1S/5C12H12O.2C4H8O/c1-9-7-10-5-3-4-6-11(10)8-12(9)13-2;2*1-9-11-6-4-3-5-10(11)7-8-12(9)13-2;2*1-9-7-8-10-5-3-4-6-11(10)12(9)13-2;2*1-3-4-5-2/h5*3-8H,1-2H3;2*3-4H,1-2H3/b;;;;;2*4-3-. The minimum Gasteiger partial charge on any atom is -0.505 e. The van der Waals surface area contributed by atoms with E-state index in [9.17, 15) is 0 Å². The maximum absolute atomic E-state index is 5.36. The molecule has 7 nitrogen and oxygen atoms in total. The van der Waals surface area contributed by atoms with Crippen LogP contribution in [0, 0.1) is 34.6 Å². The van der Waals surface area contributed by atoms with Crippen LogP contribution in [0.1, 0.15) is 41.7 Å². The molecule has 0 saturated heterocycles. The van der Waals surface area contributed by atoms with Crippen molar-refractivity contribution < 1.29 is 33.2 Å². The van der Waals surface area contributed by atoms with E-state index in [-0.39, 0.29) is 0 Å². The molecule has 0 N–H and O–H groups in total. The number of hydrogen-bond acceptors (Lipinski definition) is 7. The molecule has 0 heterocycles. The second-order valence-electron chi connectivity index (χ2n) is 17.1. The fraction of sp³-hybridized carbons (Fsp3) is 0.206. The van der Waals surface area contributed by atoms with Gasteiger partial charge >= 0.3 is 0 Å². The number of hydrogen-bond donors (Lipinski definition) is 0. The van der Waals surface area contributed by atoms with Gasteiger partial charge in [0.25, 0.3) is 0 Å². The largest absolute Gasteiger partial charge is 0.505 e. The molecule has 10 rings (SSSR count). The summed E-state index contributed by atoms with van der Waals surface area (Å²) < 4.78 is 35.5. The van der Waals surface area contributed by atoms with Crippen molar-refractivity contribution >= 4 is 53.9 Å². The van der Waals surface area contributed by atoms with Gasteiger partial charge in [-0.2, -0.15) is 0 Å². The number of aryl methyl sites for hydroxylation is 5. The quantitative estimate of drug-likeness (QED) is 0.147. The third-order valence-corrected chi connectivity index (χ3v) is 12.1. The molecule has 0 atom stereocenters. The van der Waals surface area contributed by atoms with Crippen LogP contribution in [0.25, 0.3) is 53.9 Å². The van der Waals surface area contributed by atoms with Gasteiger partial charge in [0.2, 0.25) is 0 Å². The normalized spacial score (nSPS) is 10.2. The Hall–Kier alpha value is -8.42. The zero-order valence-electron chi connectivity index (χ0n) is 46.5. The number of ether oxygens (including phenoxy) is 7. The molecule has 0 fully saturated rings. The van der Waals surface area contributed by atoms with Gasteiger partial charge in [0.1, 0.15) is 28.7 Å². The van der Waals surface area contributed by atoms with Crippen LogP contribution in [-0.4, -0.2) is 49.8 Å². The summed E-state index contributed by atoms with van der Waals surface area (Å²) in [6.07, 6.45) is 6.92. The molecule has 7 heteroatoms. The molecule has 75 heavy (non-hydrogen) atoms. The van der Waals surface area contributed by atoms with Gasteiger partial charge < -0.3 is 33.2 Å². The molecule has 0 unspecified atom stereocenters. The first-order valence-electron chi connectivity index (χ1n) is 24.9. The van der Waals surface area contributed by atoms with Gasteiger partial charge in [-0.15, -0.1) is 0 Å². The fourth-order valence-corrected chi connectivity index (χ4v) is 8.33. The van der Waals surface area contributed by atoms with E-state index < -0.39 is 0 Å². The number of allylic oxidation sites excluding steroid dienone is 2. The van der Waals surface area contributed by atoms with Crippen LogP contribution in [0.4, 0.5) is 0 Å². The SMILES string of the molecule is C/C=C\OC.C/C=C\OC.COc1c(C)ccc2ccccc12.COc1c(C)ccc2ccccc12.COc1cc2ccccc2cc1C.COc1ccc2ccccc2c1C.COc1ccc2ccccc2c1C. The van der Waals surface area contributed by atoms with E-state index in [0.717, 1.165) is 28.7 Å². The van der Waals surface area contributed by atoms with E-state index in [1.165, 1.54) is 81.7 Å². The van der Waals surface area contributed by atoms with Crippen molar-refractivity contribution in [2.24, 2.45) is 0 Å². The number of rotatable bonds is 7. The van der Waals surface area contributed by atoms with Crippen molar-refractivity contribution in [3.05, 3.63) is 234 Å². The molecule has 0 radical (unpaired) electrons. The van der Waals surface area contributed by atoms with Crippen LogP contribution in [0.15, 0.2) is 207 Å². The van der Waals surface area contributed by atoms with Gasteiger partial charge in [0.05, 0.1) is 62.3 Å². The molecule has 10 aromatic rings. The smallest absolute Gasteiger partial charge is 0.129 e. The Bertz CT molecular complexity index is 3170. The molecular formula is C68H76O7. The van der Waals surface area contributed by atoms with Crippen molar-refractivity contribution in [3.8, 4) is 28.7 Å². The van der Waals surface area contributed by atoms with Crippen LogP contribution >= 0.6 is 0 Å². The third-order valence-electron chi connectivity index (χ3n) is 12.1. The lowest BCUT2D eigenvalue weighted by Gasteiger charge is -2.07. The lowest BCUT2D eigenvalue weighted by atomic mass is 10.1. The minimum atomic E-state index is 0.957. The Morgan fingerprint density at radius 3 is 0.907 bits per heavy atom. The number of benzene rings is 10. The molecule has 0 bridgehead atoms. The average Bonchev–Trinajstić information content (AvgIpc) is 3.45. The lowest BCUT2D eigenvalue weighted by Crippen LogP contribution is -1.88. The van der Waals surface area contributed by atoms with Crippen LogP contribution in [0.3, 0.4) is 0 Å². The Morgan fingerprint density at radius 1 is 0.280 bits per heavy atom. The Morgan fingerprint density at radius 2 is 0.587 bits per heavy atom. The van der Waals surface area contributed by atoms with E-state index in [0.29, 0.717) is 0 Å². The second kappa shape index (κ2) is 31.9. The Kier molecular flexibility index (Phi) is 25.2. The maximum Gasteiger partial charge on any atom is 0.129 e. The minimum absolute atomic E-state index is 0.957. The lowest BCUT2D eigenvalue weighted by molar-refractivity contribution is 0.337.